The van der Waals surface area contributed by atoms with Gasteiger partial charge in [-0.2, -0.15) is 0 Å². The fraction of sp³-hybridized carbons (Fsp3) is 0.412. The molecule has 0 aliphatic heterocycles. The fourth-order valence-electron chi connectivity index (χ4n) is 2.65. The van der Waals surface area contributed by atoms with E-state index in [1.54, 1.807) is 6.20 Å². The average molecular weight is 283 g/mol. The smallest absolute Gasteiger partial charge is 0.223 e. The van der Waals surface area contributed by atoms with Crippen molar-refractivity contribution in [2.24, 2.45) is 11.3 Å². The molecule has 1 heterocycles. The van der Waals surface area contributed by atoms with Crippen molar-refractivity contribution in [2.75, 3.05) is 0 Å². The van der Waals surface area contributed by atoms with Crippen LogP contribution < -0.4 is 5.32 Å². The first-order valence-corrected chi connectivity index (χ1v) is 7.34. The molecule has 1 amide bonds. The predicted molar refractivity (Wildman–Crippen MR) is 82.0 cm³/mol. The summed E-state index contributed by atoms with van der Waals surface area (Å²) in [6.45, 7) is 6.85. The minimum absolute atomic E-state index is 0.175. The summed E-state index contributed by atoms with van der Waals surface area (Å²) in [5, 5.41) is 3.02. The Kier molecular flexibility index (Phi) is 3.32. The molecule has 1 aliphatic rings. The van der Waals surface area contributed by atoms with Gasteiger partial charge < -0.3 is 9.88 Å². The van der Waals surface area contributed by atoms with Crippen LogP contribution in [0, 0.1) is 18.3 Å². The number of nitrogens with one attached hydrogen (secondary N) is 1. The zero-order valence-corrected chi connectivity index (χ0v) is 12.8. The SMILES string of the molecule is Cc1nccn1-c1ccc(CNC(=O)C2CC2(C)C)cc1. The number of aromatic nitrogens is 2. The molecular formula is C17H21N3O. The molecule has 0 bridgehead atoms. The third-order valence-electron chi connectivity index (χ3n) is 4.34. The van der Waals surface area contributed by atoms with Gasteiger partial charge in [-0.15, -0.1) is 0 Å². The van der Waals surface area contributed by atoms with E-state index in [1.807, 2.05) is 29.8 Å². The molecule has 3 rings (SSSR count). The molecular weight excluding hydrogens is 262 g/mol. The summed E-state index contributed by atoms with van der Waals surface area (Å²) < 4.78 is 2.04. The first-order valence-electron chi connectivity index (χ1n) is 7.34. The zero-order chi connectivity index (χ0) is 15.0. The molecule has 0 spiro atoms. The van der Waals surface area contributed by atoms with Crippen LogP contribution in [0.4, 0.5) is 0 Å². The molecule has 0 radical (unpaired) electrons. The van der Waals surface area contributed by atoms with Crippen LogP contribution in [0.2, 0.25) is 0 Å². The first-order chi connectivity index (χ1) is 9.97. The van der Waals surface area contributed by atoms with E-state index in [2.05, 4.69) is 36.3 Å². The van der Waals surface area contributed by atoms with Crippen LogP contribution in [0.15, 0.2) is 36.7 Å². The maximum atomic E-state index is 12.0. The number of hydrogen-bond acceptors (Lipinski definition) is 2. The number of imidazole rings is 1. The van der Waals surface area contributed by atoms with Crippen molar-refractivity contribution in [3.05, 3.63) is 48.0 Å². The van der Waals surface area contributed by atoms with Gasteiger partial charge in [-0.25, -0.2) is 4.98 Å². The van der Waals surface area contributed by atoms with Gasteiger partial charge in [0.05, 0.1) is 0 Å². The Bertz CT molecular complexity index is 655. The monoisotopic (exact) mass is 283 g/mol. The van der Waals surface area contributed by atoms with Crippen molar-refractivity contribution in [3.8, 4) is 5.69 Å². The molecule has 1 aromatic heterocycles. The molecule has 1 fully saturated rings. The predicted octanol–water partition coefficient (Wildman–Crippen LogP) is 2.84. The summed E-state index contributed by atoms with van der Waals surface area (Å²) in [6, 6.07) is 8.20. The Morgan fingerprint density at radius 1 is 1.38 bits per heavy atom. The van der Waals surface area contributed by atoms with Crippen molar-refractivity contribution in [2.45, 2.75) is 33.7 Å². The Morgan fingerprint density at radius 3 is 2.57 bits per heavy atom. The Morgan fingerprint density at radius 2 is 2.05 bits per heavy atom. The van der Waals surface area contributed by atoms with Crippen molar-refractivity contribution in [1.29, 1.82) is 0 Å². The van der Waals surface area contributed by atoms with Gasteiger partial charge in [-0.3, -0.25) is 4.79 Å². The summed E-state index contributed by atoms with van der Waals surface area (Å²) in [4.78, 5) is 16.2. The number of amides is 1. The molecule has 21 heavy (non-hydrogen) atoms. The van der Waals surface area contributed by atoms with Crippen LogP contribution in [-0.2, 0) is 11.3 Å². The van der Waals surface area contributed by atoms with E-state index in [-0.39, 0.29) is 17.2 Å². The highest BCUT2D eigenvalue weighted by Gasteiger charge is 2.50. The lowest BCUT2D eigenvalue weighted by molar-refractivity contribution is -0.123. The molecule has 1 saturated carbocycles. The first kappa shape index (κ1) is 13.9. The lowest BCUT2D eigenvalue weighted by Crippen LogP contribution is -2.25. The highest BCUT2D eigenvalue weighted by atomic mass is 16.2. The van der Waals surface area contributed by atoms with Gasteiger partial charge >= 0.3 is 0 Å². The van der Waals surface area contributed by atoms with Crippen LogP contribution >= 0.6 is 0 Å². The van der Waals surface area contributed by atoms with Crippen molar-refractivity contribution in [3.63, 3.8) is 0 Å². The maximum absolute atomic E-state index is 12.0. The zero-order valence-electron chi connectivity index (χ0n) is 12.8. The molecule has 1 atom stereocenters. The molecule has 1 aliphatic carbocycles. The summed E-state index contributed by atoms with van der Waals surface area (Å²) >= 11 is 0. The van der Waals surface area contributed by atoms with E-state index >= 15 is 0 Å². The molecule has 1 N–H and O–H groups in total. The maximum Gasteiger partial charge on any atom is 0.223 e. The number of nitrogens with zero attached hydrogens (tertiary/aromatic N) is 2. The van der Waals surface area contributed by atoms with Crippen molar-refractivity contribution >= 4 is 5.91 Å². The number of hydrogen-bond donors (Lipinski definition) is 1. The molecule has 2 aromatic rings. The van der Waals surface area contributed by atoms with Gasteiger partial charge in [-0.05, 0) is 36.5 Å². The normalized spacial score (nSPS) is 19.3. The summed E-state index contributed by atoms with van der Waals surface area (Å²) in [6.07, 6.45) is 4.74. The average Bonchev–Trinajstić information content (AvgIpc) is 2.89. The van der Waals surface area contributed by atoms with Gasteiger partial charge in [0, 0.05) is 30.5 Å². The molecule has 110 valence electrons. The second-order valence-electron chi connectivity index (χ2n) is 6.47. The van der Waals surface area contributed by atoms with E-state index in [0.717, 1.165) is 23.5 Å². The molecule has 4 heteroatoms. The molecule has 1 unspecified atom stereocenters. The van der Waals surface area contributed by atoms with E-state index in [9.17, 15) is 4.79 Å². The highest BCUT2D eigenvalue weighted by molar-refractivity contribution is 5.82. The Balaban J connectivity index is 1.60. The summed E-state index contributed by atoms with van der Waals surface area (Å²) in [7, 11) is 0. The van der Waals surface area contributed by atoms with Gasteiger partial charge in [-0.1, -0.05) is 26.0 Å². The lowest BCUT2D eigenvalue weighted by atomic mass is 10.1. The Hall–Kier alpha value is -2.10. The second-order valence-corrected chi connectivity index (χ2v) is 6.47. The van der Waals surface area contributed by atoms with Gasteiger partial charge in [0.15, 0.2) is 0 Å². The number of carbonyl (C=O) groups is 1. The van der Waals surface area contributed by atoms with E-state index in [0.29, 0.717) is 6.54 Å². The van der Waals surface area contributed by atoms with Crippen molar-refractivity contribution in [1.82, 2.24) is 14.9 Å². The molecule has 0 saturated heterocycles. The minimum Gasteiger partial charge on any atom is -0.352 e. The van der Waals surface area contributed by atoms with Crippen LogP contribution in [0.3, 0.4) is 0 Å². The summed E-state index contributed by atoms with van der Waals surface area (Å²) in [5.74, 6) is 1.33. The number of carbonyl (C=O) groups excluding carboxylic acids is 1. The Labute approximate surface area is 125 Å². The van der Waals surface area contributed by atoms with Crippen LogP contribution in [-0.4, -0.2) is 15.5 Å². The third-order valence-corrected chi connectivity index (χ3v) is 4.34. The minimum atomic E-state index is 0.175. The van der Waals surface area contributed by atoms with Gasteiger partial charge in [0.25, 0.3) is 0 Å². The third kappa shape index (κ3) is 2.84. The van der Waals surface area contributed by atoms with E-state index in [1.165, 1.54) is 0 Å². The van der Waals surface area contributed by atoms with Gasteiger partial charge in [0.1, 0.15) is 5.82 Å². The lowest BCUT2D eigenvalue weighted by Gasteiger charge is -2.09. The van der Waals surface area contributed by atoms with Gasteiger partial charge in [0.2, 0.25) is 5.91 Å². The fourth-order valence-corrected chi connectivity index (χ4v) is 2.65. The summed E-state index contributed by atoms with van der Waals surface area (Å²) in [5.41, 5.74) is 2.39. The van der Waals surface area contributed by atoms with Crippen LogP contribution in [0.1, 0.15) is 31.7 Å². The number of aryl methyl sites for hydroxylation is 1. The highest BCUT2D eigenvalue weighted by Crippen LogP contribution is 2.51. The van der Waals surface area contributed by atoms with Crippen LogP contribution in [0.25, 0.3) is 5.69 Å². The van der Waals surface area contributed by atoms with Crippen LogP contribution in [0.5, 0.6) is 0 Å². The van der Waals surface area contributed by atoms with Crippen molar-refractivity contribution < 1.29 is 4.79 Å². The number of benzene rings is 1. The van der Waals surface area contributed by atoms with E-state index < -0.39 is 0 Å². The molecule has 4 nitrogen and oxygen atoms in total. The standard InChI is InChI=1S/C17H21N3O/c1-12-18-8-9-20(12)14-6-4-13(5-7-14)11-19-16(21)15-10-17(15,2)3/h4-9,15H,10-11H2,1-3H3,(H,19,21). The second kappa shape index (κ2) is 5.02. The molecule has 1 aromatic carbocycles. The topological polar surface area (TPSA) is 46.9 Å². The largest absolute Gasteiger partial charge is 0.352 e. The number of rotatable bonds is 4. The quantitative estimate of drug-likeness (QED) is 0.938. The van der Waals surface area contributed by atoms with E-state index in [4.69, 9.17) is 0 Å².